The summed E-state index contributed by atoms with van der Waals surface area (Å²) >= 11 is 0. The zero-order valence-electron chi connectivity index (χ0n) is 32.9. The van der Waals surface area contributed by atoms with E-state index in [-0.39, 0.29) is 34.7 Å². The van der Waals surface area contributed by atoms with Gasteiger partial charge in [-0.05, 0) is 69.9 Å². The van der Waals surface area contributed by atoms with Crippen molar-refractivity contribution in [3.63, 3.8) is 0 Å². The fourth-order valence-electron chi connectivity index (χ4n) is 5.64. The van der Waals surface area contributed by atoms with Gasteiger partial charge in [0, 0.05) is 24.4 Å². The normalized spacial score (nSPS) is 24.3. The van der Waals surface area contributed by atoms with Crippen molar-refractivity contribution in [1.29, 1.82) is 0 Å². The summed E-state index contributed by atoms with van der Waals surface area (Å²) < 4.78 is 60.5. The second-order valence-corrected chi connectivity index (χ2v) is 27.9. The van der Waals surface area contributed by atoms with Gasteiger partial charge < -0.3 is 24.1 Å². The first-order chi connectivity index (χ1) is 23.2. The maximum Gasteiger partial charge on any atom is 0.333 e. The summed E-state index contributed by atoms with van der Waals surface area (Å²) in [5.74, 6) is 0.487. The van der Waals surface area contributed by atoms with Gasteiger partial charge >= 0.3 is 5.69 Å². The van der Waals surface area contributed by atoms with Crippen LogP contribution in [0.15, 0.2) is 38.7 Å². The number of ketones is 1. The van der Waals surface area contributed by atoms with E-state index in [4.69, 9.17) is 28.2 Å². The standard InChI is InChI=1S/C35H61N3O10SSi2/c1-24-21-38(32(41)37(30(24)40)18-16-14-15-17-19-44-26(3)20-25(2)39)31-29(47-51(12,13)34(7,8)9)35(27(36)23-49(42,43)48-35)28(46-31)22-45-50(10,11)33(4,5)6/h20-21,23,28-29,31H,14-19,22,36H2,1-13H3/b26-20+/t28?,29-,31+,35?/m0/s1. The minimum absolute atomic E-state index is 0.0600. The fourth-order valence-corrected chi connectivity index (χ4v) is 9.15. The lowest BCUT2D eigenvalue weighted by Crippen LogP contribution is -2.59. The molecule has 1 fully saturated rings. The zero-order chi connectivity index (χ0) is 39.0. The van der Waals surface area contributed by atoms with Gasteiger partial charge in [0.25, 0.3) is 15.7 Å². The van der Waals surface area contributed by atoms with E-state index in [1.54, 1.807) is 13.8 Å². The lowest BCUT2D eigenvalue weighted by Gasteiger charge is -2.43. The summed E-state index contributed by atoms with van der Waals surface area (Å²) in [4.78, 5) is 38.8. The molecule has 2 aliphatic heterocycles. The highest BCUT2D eigenvalue weighted by Crippen LogP contribution is 2.52. The Morgan fingerprint density at radius 2 is 1.59 bits per heavy atom. The van der Waals surface area contributed by atoms with Gasteiger partial charge in [0.05, 0.1) is 30.1 Å². The number of aryl methyl sites for hydroxylation is 1. The molecule has 290 valence electrons. The van der Waals surface area contributed by atoms with Crippen LogP contribution >= 0.6 is 0 Å². The van der Waals surface area contributed by atoms with Crippen LogP contribution in [-0.2, 0) is 44.0 Å². The van der Waals surface area contributed by atoms with Crippen molar-refractivity contribution in [2.75, 3.05) is 13.2 Å². The van der Waals surface area contributed by atoms with Crippen molar-refractivity contribution in [2.45, 2.75) is 155 Å². The molecule has 51 heavy (non-hydrogen) atoms. The molecule has 2 unspecified atom stereocenters. The highest BCUT2D eigenvalue weighted by Gasteiger charge is 2.67. The minimum atomic E-state index is -4.24. The minimum Gasteiger partial charge on any atom is -0.498 e. The molecule has 3 rings (SSSR count). The Morgan fingerprint density at radius 1 is 1.00 bits per heavy atom. The molecule has 0 radical (unpaired) electrons. The van der Waals surface area contributed by atoms with Crippen LogP contribution in [0.4, 0.5) is 0 Å². The number of hydrogen-bond donors (Lipinski definition) is 1. The molecule has 2 aliphatic rings. The van der Waals surface area contributed by atoms with Crippen LogP contribution in [0.3, 0.4) is 0 Å². The number of carbonyl (C=O) groups is 1. The lowest BCUT2D eigenvalue weighted by atomic mass is 9.89. The number of carbonyl (C=O) groups excluding carboxylic acids is 1. The van der Waals surface area contributed by atoms with Crippen LogP contribution in [0.1, 0.15) is 92.9 Å². The highest BCUT2D eigenvalue weighted by molar-refractivity contribution is 7.90. The summed E-state index contributed by atoms with van der Waals surface area (Å²) in [6, 6.07) is 0. The van der Waals surface area contributed by atoms with E-state index in [1.807, 2.05) is 33.9 Å². The summed E-state index contributed by atoms with van der Waals surface area (Å²) in [6.07, 6.45) is 2.28. The highest BCUT2D eigenvalue weighted by atomic mass is 32.2. The van der Waals surface area contributed by atoms with Gasteiger partial charge in [-0.1, -0.05) is 54.4 Å². The summed E-state index contributed by atoms with van der Waals surface area (Å²) in [7, 11) is -9.36. The van der Waals surface area contributed by atoms with Crippen LogP contribution in [0.25, 0.3) is 0 Å². The lowest BCUT2D eigenvalue weighted by molar-refractivity contribution is -0.112. The molecule has 1 aromatic rings. The number of allylic oxidation sites excluding steroid dienone is 2. The van der Waals surface area contributed by atoms with Crippen molar-refractivity contribution in [3.05, 3.63) is 55.5 Å². The van der Waals surface area contributed by atoms with Gasteiger partial charge in [0.2, 0.25) is 0 Å². The summed E-state index contributed by atoms with van der Waals surface area (Å²) in [5.41, 5.74) is 3.96. The number of nitrogens with two attached hydrogens (primary N) is 1. The number of rotatable bonds is 15. The van der Waals surface area contributed by atoms with Gasteiger partial charge in [0.1, 0.15) is 12.2 Å². The quantitative estimate of drug-likeness (QED) is 0.0776. The molecule has 0 aromatic carbocycles. The van der Waals surface area contributed by atoms with E-state index < -0.39 is 62.0 Å². The smallest absolute Gasteiger partial charge is 0.333 e. The predicted molar refractivity (Wildman–Crippen MR) is 203 cm³/mol. The molecule has 1 spiro atoms. The molecule has 0 saturated carbocycles. The van der Waals surface area contributed by atoms with Crippen molar-refractivity contribution < 1.29 is 35.7 Å². The Labute approximate surface area is 305 Å². The first-order valence-corrected chi connectivity index (χ1v) is 25.0. The molecule has 2 N–H and O–H groups in total. The molecule has 0 aliphatic carbocycles. The molecular formula is C35H61N3O10SSi2. The number of nitrogens with zero attached hydrogens (tertiary/aromatic N) is 2. The molecular weight excluding hydrogens is 711 g/mol. The zero-order valence-corrected chi connectivity index (χ0v) is 35.7. The van der Waals surface area contributed by atoms with E-state index >= 15 is 0 Å². The maximum absolute atomic E-state index is 14.3. The fraction of sp³-hybridized carbons (Fsp3) is 0.743. The van der Waals surface area contributed by atoms with Crippen LogP contribution in [0.2, 0.25) is 36.3 Å². The van der Waals surface area contributed by atoms with Gasteiger partial charge in [-0.3, -0.25) is 18.7 Å². The van der Waals surface area contributed by atoms with Crippen molar-refractivity contribution in [1.82, 2.24) is 9.13 Å². The Kier molecular flexibility index (Phi) is 13.1. The monoisotopic (exact) mass is 771 g/mol. The molecule has 13 nitrogen and oxygen atoms in total. The van der Waals surface area contributed by atoms with Gasteiger partial charge in [-0.2, -0.15) is 8.42 Å². The second-order valence-electron chi connectivity index (χ2n) is 16.9. The third-order valence-electron chi connectivity index (χ3n) is 10.7. The third kappa shape index (κ3) is 9.61. The van der Waals surface area contributed by atoms with E-state index in [2.05, 4.69) is 33.9 Å². The Balaban J connectivity index is 2.04. The van der Waals surface area contributed by atoms with Crippen LogP contribution in [-0.4, -0.2) is 71.0 Å². The van der Waals surface area contributed by atoms with Gasteiger partial charge in [-0.25, -0.2) is 8.98 Å². The van der Waals surface area contributed by atoms with E-state index in [0.717, 1.165) is 24.7 Å². The molecule has 4 atom stereocenters. The first-order valence-electron chi connectivity index (χ1n) is 17.7. The average Bonchev–Trinajstić information content (AvgIpc) is 3.39. The number of aromatic nitrogens is 2. The Bertz CT molecular complexity index is 1730. The number of unbranched alkanes of at least 4 members (excludes halogenated alkanes) is 3. The molecule has 16 heteroatoms. The SMILES string of the molecule is CC(=O)/C=C(\C)OCCCCCCn1c(=O)c(C)cn([C@@H]2OC(CO[Si](C)(C)C(C)(C)C)C3(OS(=O)(=O)C=C3N)[C@H]2O[Si](C)(C)C(C)(C)C)c1=O. The van der Waals surface area contributed by atoms with Crippen molar-refractivity contribution in [2.24, 2.45) is 5.73 Å². The topological polar surface area (TPSA) is 167 Å². The first kappa shape index (κ1) is 43.1. The van der Waals surface area contributed by atoms with Gasteiger partial charge in [-0.15, -0.1) is 0 Å². The summed E-state index contributed by atoms with van der Waals surface area (Å²) in [6.45, 7) is 26.0. The van der Waals surface area contributed by atoms with Crippen molar-refractivity contribution >= 4 is 32.5 Å². The second kappa shape index (κ2) is 15.6. The molecule has 0 bridgehead atoms. The largest absolute Gasteiger partial charge is 0.498 e. The average molecular weight is 772 g/mol. The number of ether oxygens (including phenoxy) is 2. The van der Waals surface area contributed by atoms with E-state index in [1.165, 1.54) is 28.3 Å². The molecule has 1 saturated heterocycles. The van der Waals surface area contributed by atoms with Crippen LogP contribution < -0.4 is 17.0 Å². The van der Waals surface area contributed by atoms with E-state index in [9.17, 15) is 22.8 Å². The van der Waals surface area contributed by atoms with Gasteiger partial charge in [0.15, 0.2) is 34.2 Å². The van der Waals surface area contributed by atoms with Crippen LogP contribution in [0, 0.1) is 6.92 Å². The third-order valence-corrected chi connectivity index (χ3v) is 20.7. The Morgan fingerprint density at radius 3 is 2.12 bits per heavy atom. The Hall–Kier alpha value is -2.35. The van der Waals surface area contributed by atoms with Crippen molar-refractivity contribution in [3.8, 4) is 0 Å². The van der Waals surface area contributed by atoms with Crippen LogP contribution in [0.5, 0.6) is 0 Å². The number of hydrogen-bond acceptors (Lipinski definition) is 11. The predicted octanol–water partition coefficient (Wildman–Crippen LogP) is 5.60. The van der Waals surface area contributed by atoms with E-state index in [0.29, 0.717) is 24.4 Å². The maximum atomic E-state index is 14.3. The molecule has 1 aromatic heterocycles. The molecule has 3 heterocycles. The molecule has 0 amide bonds. The summed E-state index contributed by atoms with van der Waals surface area (Å²) in [5, 5.41) is 0.403.